The number of hydrogen-bond acceptors (Lipinski definition) is 5. The molecule has 0 aliphatic carbocycles. The second-order valence-corrected chi connectivity index (χ2v) is 6.19. The second-order valence-electron chi connectivity index (χ2n) is 6.19. The van der Waals surface area contributed by atoms with Gasteiger partial charge >= 0.3 is 6.61 Å². The van der Waals surface area contributed by atoms with Crippen LogP contribution in [-0.4, -0.2) is 33.3 Å². The fraction of sp³-hybridized carbons (Fsp3) is 0.318. The fourth-order valence-corrected chi connectivity index (χ4v) is 2.78. The van der Waals surface area contributed by atoms with Crippen molar-refractivity contribution in [3.05, 3.63) is 53.6 Å². The van der Waals surface area contributed by atoms with Crippen LogP contribution in [0.5, 0.6) is 23.0 Å². The lowest BCUT2D eigenvalue weighted by Crippen LogP contribution is -2.25. The third kappa shape index (κ3) is 6.37. The maximum absolute atomic E-state index is 12.5. The Labute approximate surface area is 174 Å². The van der Waals surface area contributed by atoms with E-state index in [0.717, 1.165) is 5.56 Å². The van der Waals surface area contributed by atoms with Crippen molar-refractivity contribution in [1.82, 2.24) is 5.32 Å². The molecule has 0 spiro atoms. The first kappa shape index (κ1) is 23.0. The van der Waals surface area contributed by atoms with Gasteiger partial charge < -0.3 is 24.3 Å². The Bertz CT molecular complexity index is 886. The van der Waals surface area contributed by atoms with E-state index in [4.69, 9.17) is 14.2 Å². The molecule has 8 heteroatoms. The number of benzene rings is 2. The molecular weight excluding hydrogens is 396 g/mol. The number of hydrogen-bond donors (Lipinski definition) is 1. The molecule has 2 aromatic rings. The van der Waals surface area contributed by atoms with Gasteiger partial charge in [-0.3, -0.25) is 4.79 Å². The summed E-state index contributed by atoms with van der Waals surface area (Å²) in [5.41, 5.74) is 1.37. The molecule has 0 saturated carbocycles. The van der Waals surface area contributed by atoms with Crippen LogP contribution in [0.2, 0.25) is 0 Å². The van der Waals surface area contributed by atoms with E-state index >= 15 is 0 Å². The number of amides is 1. The van der Waals surface area contributed by atoms with Crippen molar-refractivity contribution in [2.45, 2.75) is 26.5 Å². The molecule has 0 aromatic heterocycles. The summed E-state index contributed by atoms with van der Waals surface area (Å²) >= 11 is 0. The molecule has 1 amide bonds. The van der Waals surface area contributed by atoms with E-state index in [-0.39, 0.29) is 30.1 Å². The van der Waals surface area contributed by atoms with Crippen molar-refractivity contribution >= 4 is 12.0 Å². The smallest absolute Gasteiger partial charge is 0.387 e. The normalized spacial score (nSPS) is 12.0. The lowest BCUT2D eigenvalue weighted by molar-refractivity contribution is -0.117. The first-order chi connectivity index (χ1) is 14.4. The number of carbonyl (C=O) groups is 1. The molecule has 0 bridgehead atoms. The Morgan fingerprint density at radius 3 is 2.43 bits per heavy atom. The van der Waals surface area contributed by atoms with Crippen molar-refractivity contribution in [3.63, 3.8) is 0 Å². The SMILES string of the molecule is CCOc1cc(/C=C/C(=O)N[C@H](C)c2cc(OC)ccc2OC)ccc1OC(F)F. The lowest BCUT2D eigenvalue weighted by Gasteiger charge is -2.17. The number of nitrogens with one attached hydrogen (secondary N) is 1. The van der Waals surface area contributed by atoms with Crippen molar-refractivity contribution in [2.75, 3.05) is 20.8 Å². The highest BCUT2D eigenvalue weighted by molar-refractivity contribution is 5.92. The molecule has 1 atom stereocenters. The van der Waals surface area contributed by atoms with E-state index in [9.17, 15) is 13.6 Å². The van der Waals surface area contributed by atoms with Gasteiger partial charge in [-0.05, 0) is 55.8 Å². The van der Waals surface area contributed by atoms with Crippen LogP contribution in [0, 0.1) is 0 Å². The Morgan fingerprint density at radius 1 is 1.07 bits per heavy atom. The van der Waals surface area contributed by atoms with Crippen molar-refractivity contribution in [1.29, 1.82) is 0 Å². The van der Waals surface area contributed by atoms with Crippen LogP contribution >= 0.6 is 0 Å². The van der Waals surface area contributed by atoms with Gasteiger partial charge in [0.1, 0.15) is 11.5 Å². The van der Waals surface area contributed by atoms with Crippen LogP contribution in [0.1, 0.15) is 31.0 Å². The summed E-state index contributed by atoms with van der Waals surface area (Å²) in [5, 5.41) is 2.85. The van der Waals surface area contributed by atoms with Gasteiger partial charge in [-0.25, -0.2) is 0 Å². The predicted octanol–water partition coefficient (Wildman–Crippen LogP) is 4.59. The molecule has 1 N–H and O–H groups in total. The highest BCUT2D eigenvalue weighted by atomic mass is 19.3. The third-order valence-corrected chi connectivity index (χ3v) is 4.17. The molecule has 30 heavy (non-hydrogen) atoms. The lowest BCUT2D eigenvalue weighted by atomic mass is 10.1. The molecule has 0 heterocycles. The van der Waals surface area contributed by atoms with Crippen LogP contribution in [-0.2, 0) is 4.79 Å². The Kier molecular flexibility index (Phi) is 8.46. The van der Waals surface area contributed by atoms with E-state index < -0.39 is 6.61 Å². The average molecular weight is 421 g/mol. The van der Waals surface area contributed by atoms with Gasteiger partial charge in [0.2, 0.25) is 5.91 Å². The van der Waals surface area contributed by atoms with Gasteiger partial charge in [0.05, 0.1) is 26.9 Å². The molecule has 0 radical (unpaired) electrons. The largest absolute Gasteiger partial charge is 0.497 e. The second kappa shape index (κ2) is 11.0. The number of halogens is 2. The zero-order chi connectivity index (χ0) is 22.1. The van der Waals surface area contributed by atoms with Gasteiger partial charge in [0.15, 0.2) is 11.5 Å². The van der Waals surface area contributed by atoms with Crippen LogP contribution in [0.25, 0.3) is 6.08 Å². The molecule has 2 aromatic carbocycles. The van der Waals surface area contributed by atoms with Gasteiger partial charge in [-0.2, -0.15) is 8.78 Å². The van der Waals surface area contributed by atoms with E-state index in [1.807, 2.05) is 6.92 Å². The van der Waals surface area contributed by atoms with Crippen molar-refractivity contribution < 1.29 is 32.5 Å². The quantitative estimate of drug-likeness (QED) is 0.568. The summed E-state index contributed by atoms with van der Waals surface area (Å²) in [6.07, 6.45) is 2.90. The van der Waals surface area contributed by atoms with Crippen LogP contribution in [0.3, 0.4) is 0 Å². The molecular formula is C22H25F2NO5. The Balaban J connectivity index is 2.11. The van der Waals surface area contributed by atoms with Gasteiger partial charge in [0, 0.05) is 11.6 Å². The minimum atomic E-state index is -2.95. The van der Waals surface area contributed by atoms with Crippen molar-refractivity contribution in [3.8, 4) is 23.0 Å². The monoisotopic (exact) mass is 421 g/mol. The molecule has 0 fully saturated rings. The number of methoxy groups -OCH3 is 2. The Hall–Kier alpha value is -3.29. The minimum absolute atomic E-state index is 0.0628. The first-order valence-corrected chi connectivity index (χ1v) is 9.30. The molecule has 6 nitrogen and oxygen atoms in total. The predicted molar refractivity (Wildman–Crippen MR) is 109 cm³/mol. The molecule has 0 unspecified atom stereocenters. The number of alkyl halides is 2. The van der Waals surface area contributed by atoms with Gasteiger partial charge in [0.25, 0.3) is 0 Å². The van der Waals surface area contributed by atoms with E-state index in [2.05, 4.69) is 10.1 Å². The minimum Gasteiger partial charge on any atom is -0.497 e. The highest BCUT2D eigenvalue weighted by Crippen LogP contribution is 2.31. The van der Waals surface area contributed by atoms with E-state index in [1.165, 1.54) is 18.2 Å². The van der Waals surface area contributed by atoms with Crippen molar-refractivity contribution in [2.24, 2.45) is 0 Å². The standard InChI is InChI=1S/C22H25F2NO5/c1-5-29-20-12-15(6-9-19(20)30-22(23)24)7-11-21(26)25-14(2)17-13-16(27-3)8-10-18(17)28-4/h6-14,22H,5H2,1-4H3,(H,25,26)/b11-7+/t14-/m1/s1. The summed E-state index contributed by atoms with van der Waals surface area (Å²) in [4.78, 5) is 12.4. The summed E-state index contributed by atoms with van der Waals surface area (Å²) in [6, 6.07) is 9.45. The zero-order valence-corrected chi connectivity index (χ0v) is 17.3. The summed E-state index contributed by atoms with van der Waals surface area (Å²) < 4.78 is 45.3. The third-order valence-electron chi connectivity index (χ3n) is 4.17. The number of carbonyl (C=O) groups excluding carboxylic acids is 1. The topological polar surface area (TPSA) is 66.0 Å². The number of ether oxygens (including phenoxy) is 4. The average Bonchev–Trinajstić information content (AvgIpc) is 2.73. The Morgan fingerprint density at radius 2 is 1.80 bits per heavy atom. The van der Waals surface area contributed by atoms with Crippen LogP contribution in [0.15, 0.2) is 42.5 Å². The van der Waals surface area contributed by atoms with E-state index in [0.29, 0.717) is 17.1 Å². The molecule has 0 saturated heterocycles. The summed E-state index contributed by atoms with van der Waals surface area (Å²) in [5.74, 6) is 1.06. The van der Waals surface area contributed by atoms with Gasteiger partial charge in [-0.1, -0.05) is 6.07 Å². The van der Waals surface area contributed by atoms with Crippen LogP contribution < -0.4 is 24.3 Å². The summed E-state index contributed by atoms with van der Waals surface area (Å²) in [6.45, 7) is 0.891. The molecule has 2 rings (SSSR count). The maximum atomic E-state index is 12.5. The molecule has 0 aliphatic rings. The van der Waals surface area contributed by atoms with Crippen LogP contribution in [0.4, 0.5) is 8.78 Å². The zero-order valence-electron chi connectivity index (χ0n) is 17.3. The van der Waals surface area contributed by atoms with E-state index in [1.54, 1.807) is 51.5 Å². The first-order valence-electron chi connectivity index (χ1n) is 9.30. The van der Waals surface area contributed by atoms with Gasteiger partial charge in [-0.15, -0.1) is 0 Å². The summed E-state index contributed by atoms with van der Waals surface area (Å²) in [7, 11) is 3.11. The molecule has 162 valence electrons. The maximum Gasteiger partial charge on any atom is 0.387 e. The molecule has 0 aliphatic heterocycles. The number of rotatable bonds is 10. The highest BCUT2D eigenvalue weighted by Gasteiger charge is 2.15. The fourth-order valence-electron chi connectivity index (χ4n) is 2.78.